The molecule has 6 nitrogen and oxygen atoms in total. The summed E-state index contributed by atoms with van der Waals surface area (Å²) in [6.45, 7) is 1.51. The molecule has 0 saturated heterocycles. The van der Waals surface area contributed by atoms with Crippen LogP contribution in [-0.4, -0.2) is 41.7 Å². The Hall–Kier alpha value is -1.95. The van der Waals surface area contributed by atoms with E-state index < -0.39 is 18.0 Å². The molecule has 6 heteroatoms. The van der Waals surface area contributed by atoms with E-state index in [9.17, 15) is 14.7 Å². The number of nitrogens with zero attached hydrogens (tertiary/aromatic N) is 1. The van der Waals surface area contributed by atoms with Crippen LogP contribution in [0.25, 0.3) is 0 Å². The summed E-state index contributed by atoms with van der Waals surface area (Å²) in [6.07, 6.45) is 0.219. The van der Waals surface area contributed by atoms with Crippen LogP contribution >= 0.6 is 0 Å². The minimum Gasteiger partial charge on any atom is -0.467 e. The highest BCUT2D eigenvalue weighted by Crippen LogP contribution is 2.02. The van der Waals surface area contributed by atoms with Crippen LogP contribution in [0.3, 0.4) is 0 Å². The second kappa shape index (κ2) is 5.95. The van der Waals surface area contributed by atoms with Gasteiger partial charge in [-0.05, 0) is 19.1 Å². The highest BCUT2D eigenvalue weighted by atomic mass is 16.5. The zero-order chi connectivity index (χ0) is 12.8. The first-order chi connectivity index (χ1) is 8.06. The Bertz CT molecular complexity index is 420. The van der Waals surface area contributed by atoms with Crippen molar-refractivity contribution in [2.45, 2.75) is 13.0 Å². The first-order valence-corrected chi connectivity index (χ1v) is 5.02. The molecule has 1 aromatic rings. The molecule has 0 bridgehead atoms. The summed E-state index contributed by atoms with van der Waals surface area (Å²) >= 11 is 0. The number of pyridine rings is 1. The summed E-state index contributed by atoms with van der Waals surface area (Å²) in [4.78, 5) is 26.5. The summed E-state index contributed by atoms with van der Waals surface area (Å²) in [5.41, 5.74) is 0.988. The molecule has 0 aromatic carbocycles. The van der Waals surface area contributed by atoms with Crippen LogP contribution in [0.4, 0.5) is 0 Å². The average Bonchev–Trinajstić information content (AvgIpc) is 2.35. The van der Waals surface area contributed by atoms with Gasteiger partial charge in [-0.2, -0.15) is 0 Å². The smallest absolute Gasteiger partial charge is 0.336 e. The summed E-state index contributed by atoms with van der Waals surface area (Å²) < 4.78 is 4.32. The maximum absolute atomic E-state index is 11.7. The number of aromatic nitrogens is 1. The Morgan fingerprint density at radius 1 is 1.59 bits per heavy atom. The lowest BCUT2D eigenvalue weighted by molar-refractivity contribution is -0.149. The molecule has 0 fully saturated rings. The third kappa shape index (κ3) is 3.53. The lowest BCUT2D eigenvalue weighted by Crippen LogP contribution is -2.37. The summed E-state index contributed by atoms with van der Waals surface area (Å²) in [6, 6.07) is 3.25. The van der Waals surface area contributed by atoms with Crippen molar-refractivity contribution in [2.24, 2.45) is 0 Å². The molecule has 2 N–H and O–H groups in total. The second-order valence-corrected chi connectivity index (χ2v) is 3.39. The van der Waals surface area contributed by atoms with Gasteiger partial charge in [0.2, 0.25) is 0 Å². The number of aliphatic hydroxyl groups is 1. The largest absolute Gasteiger partial charge is 0.467 e. The average molecular weight is 238 g/mol. The fourth-order valence-electron chi connectivity index (χ4n) is 1.23. The van der Waals surface area contributed by atoms with E-state index >= 15 is 0 Å². The molecule has 0 aliphatic rings. The molecule has 0 aliphatic carbocycles. The topological polar surface area (TPSA) is 88.5 Å². The maximum atomic E-state index is 11.7. The third-order valence-corrected chi connectivity index (χ3v) is 2.18. The van der Waals surface area contributed by atoms with Crippen LogP contribution in [0.1, 0.15) is 16.1 Å². The van der Waals surface area contributed by atoms with Gasteiger partial charge in [0.1, 0.15) is 0 Å². The summed E-state index contributed by atoms with van der Waals surface area (Å²) in [7, 11) is 1.17. The van der Waals surface area contributed by atoms with Crippen molar-refractivity contribution in [1.82, 2.24) is 10.3 Å². The molecule has 17 heavy (non-hydrogen) atoms. The minimum atomic E-state index is -1.36. The number of hydrogen-bond donors (Lipinski definition) is 2. The van der Waals surface area contributed by atoms with Gasteiger partial charge in [0, 0.05) is 11.9 Å². The molecule has 0 radical (unpaired) electrons. The molecule has 1 rings (SSSR count). The van der Waals surface area contributed by atoms with Crippen LogP contribution in [0.15, 0.2) is 18.3 Å². The van der Waals surface area contributed by atoms with Gasteiger partial charge >= 0.3 is 5.97 Å². The zero-order valence-electron chi connectivity index (χ0n) is 9.64. The van der Waals surface area contributed by atoms with E-state index in [1.807, 2.05) is 0 Å². The first-order valence-electron chi connectivity index (χ1n) is 5.02. The van der Waals surface area contributed by atoms with Gasteiger partial charge in [0.15, 0.2) is 6.10 Å². The lowest BCUT2D eigenvalue weighted by Gasteiger charge is -2.10. The van der Waals surface area contributed by atoms with Crippen molar-refractivity contribution in [2.75, 3.05) is 13.7 Å². The number of carbonyl (C=O) groups excluding carboxylic acids is 2. The van der Waals surface area contributed by atoms with E-state index in [-0.39, 0.29) is 6.54 Å². The molecular formula is C11H14N2O4. The maximum Gasteiger partial charge on any atom is 0.336 e. The van der Waals surface area contributed by atoms with Crippen molar-refractivity contribution < 1.29 is 19.4 Å². The van der Waals surface area contributed by atoms with Crippen molar-refractivity contribution >= 4 is 11.9 Å². The predicted octanol–water partition coefficient (Wildman–Crippen LogP) is -0.346. The normalized spacial score (nSPS) is 11.7. The number of aryl methyl sites for hydroxylation is 1. The van der Waals surface area contributed by atoms with Crippen LogP contribution in [0.2, 0.25) is 0 Å². The molecular weight excluding hydrogens is 224 g/mol. The highest BCUT2D eigenvalue weighted by Gasteiger charge is 2.17. The number of carbonyl (C=O) groups is 2. The minimum absolute atomic E-state index is 0.195. The summed E-state index contributed by atoms with van der Waals surface area (Å²) in [5.74, 6) is -1.17. The molecule has 0 aliphatic heterocycles. The summed E-state index contributed by atoms with van der Waals surface area (Å²) in [5, 5.41) is 11.7. The molecule has 1 heterocycles. The number of nitrogens with one attached hydrogen (secondary N) is 1. The number of aliphatic hydroxyl groups excluding tert-OH is 1. The predicted molar refractivity (Wildman–Crippen MR) is 59.3 cm³/mol. The van der Waals surface area contributed by atoms with Gasteiger partial charge in [-0.25, -0.2) is 4.79 Å². The highest BCUT2D eigenvalue weighted by molar-refractivity contribution is 5.95. The molecule has 1 amide bonds. The first kappa shape index (κ1) is 13.1. The fraction of sp³-hybridized carbons (Fsp3) is 0.364. The van der Waals surface area contributed by atoms with E-state index in [0.29, 0.717) is 11.3 Å². The van der Waals surface area contributed by atoms with E-state index in [1.54, 1.807) is 25.3 Å². The quantitative estimate of drug-likeness (QED) is 0.700. The number of amides is 1. The molecule has 1 aromatic heterocycles. The van der Waals surface area contributed by atoms with Crippen molar-refractivity contribution in [3.63, 3.8) is 0 Å². The van der Waals surface area contributed by atoms with Crippen molar-refractivity contribution in [3.8, 4) is 0 Å². The lowest BCUT2D eigenvalue weighted by atomic mass is 10.2. The van der Waals surface area contributed by atoms with Crippen LogP contribution < -0.4 is 5.32 Å². The van der Waals surface area contributed by atoms with Gasteiger partial charge in [-0.1, -0.05) is 0 Å². The van der Waals surface area contributed by atoms with E-state index in [0.717, 1.165) is 0 Å². The standard InChI is InChI=1S/C11H14N2O4/c1-7-8(4-3-5-12-7)10(15)13-6-9(14)11(16)17-2/h3-5,9,14H,6H2,1-2H3,(H,13,15). The van der Waals surface area contributed by atoms with Gasteiger partial charge in [0.25, 0.3) is 5.91 Å². The number of ether oxygens (including phenoxy) is 1. The Morgan fingerprint density at radius 3 is 2.88 bits per heavy atom. The van der Waals surface area contributed by atoms with Gasteiger partial charge in [0.05, 0.1) is 19.2 Å². The fourth-order valence-corrected chi connectivity index (χ4v) is 1.23. The SMILES string of the molecule is COC(=O)C(O)CNC(=O)c1cccnc1C. The van der Waals surface area contributed by atoms with Crippen LogP contribution in [0.5, 0.6) is 0 Å². The Balaban J connectivity index is 2.57. The molecule has 1 unspecified atom stereocenters. The van der Waals surface area contributed by atoms with Crippen molar-refractivity contribution in [3.05, 3.63) is 29.6 Å². The van der Waals surface area contributed by atoms with E-state index in [2.05, 4.69) is 15.0 Å². The van der Waals surface area contributed by atoms with Crippen molar-refractivity contribution in [1.29, 1.82) is 0 Å². The molecule has 0 spiro atoms. The number of esters is 1. The van der Waals surface area contributed by atoms with Crippen LogP contribution in [0, 0.1) is 6.92 Å². The number of methoxy groups -OCH3 is 1. The number of hydrogen-bond acceptors (Lipinski definition) is 5. The van der Waals surface area contributed by atoms with E-state index in [4.69, 9.17) is 0 Å². The molecule has 0 saturated carbocycles. The molecule has 1 atom stereocenters. The Kier molecular flexibility index (Phi) is 4.59. The van der Waals surface area contributed by atoms with E-state index in [1.165, 1.54) is 7.11 Å². The molecule has 92 valence electrons. The van der Waals surface area contributed by atoms with Crippen LogP contribution in [-0.2, 0) is 9.53 Å². The zero-order valence-corrected chi connectivity index (χ0v) is 9.64. The monoisotopic (exact) mass is 238 g/mol. The number of rotatable bonds is 4. The van der Waals surface area contributed by atoms with Gasteiger partial charge in [-0.3, -0.25) is 9.78 Å². The Labute approximate surface area is 98.6 Å². The third-order valence-electron chi connectivity index (χ3n) is 2.18. The Morgan fingerprint density at radius 2 is 2.29 bits per heavy atom. The van der Waals surface area contributed by atoms with Gasteiger partial charge in [-0.15, -0.1) is 0 Å². The second-order valence-electron chi connectivity index (χ2n) is 3.39. The van der Waals surface area contributed by atoms with Gasteiger partial charge < -0.3 is 15.2 Å².